The Hall–Kier alpha value is -3.39. The van der Waals surface area contributed by atoms with Gasteiger partial charge in [0.05, 0.1) is 30.1 Å². The molecule has 30 heavy (non-hydrogen) atoms. The number of rotatable bonds is 7. The van der Waals surface area contributed by atoms with E-state index in [9.17, 15) is 9.59 Å². The van der Waals surface area contributed by atoms with Gasteiger partial charge in [0.1, 0.15) is 0 Å². The summed E-state index contributed by atoms with van der Waals surface area (Å²) in [7, 11) is 1.52. The number of anilines is 2. The van der Waals surface area contributed by atoms with Gasteiger partial charge in [0.25, 0.3) is 11.8 Å². The van der Waals surface area contributed by atoms with E-state index >= 15 is 0 Å². The van der Waals surface area contributed by atoms with Crippen molar-refractivity contribution in [2.45, 2.75) is 6.92 Å². The molecule has 154 valence electrons. The van der Waals surface area contributed by atoms with Gasteiger partial charge in [-0.2, -0.15) is 0 Å². The van der Waals surface area contributed by atoms with Crippen LogP contribution in [0.25, 0.3) is 0 Å². The number of hydrogen-bond acceptors (Lipinski definition) is 5. The third-order valence-corrected chi connectivity index (χ3v) is 4.69. The van der Waals surface area contributed by atoms with Gasteiger partial charge in [0, 0.05) is 23.0 Å². The zero-order valence-electron chi connectivity index (χ0n) is 16.4. The second kappa shape index (κ2) is 9.89. The summed E-state index contributed by atoms with van der Waals surface area (Å²) in [6, 6.07) is 13.4. The average molecular weight is 470 g/mol. The lowest BCUT2D eigenvalue weighted by atomic mass is 10.1. The van der Waals surface area contributed by atoms with Gasteiger partial charge in [-0.25, -0.2) is 0 Å². The summed E-state index contributed by atoms with van der Waals surface area (Å²) in [6.45, 7) is 2.34. The predicted octanol–water partition coefficient (Wildman–Crippen LogP) is 4.76. The molecule has 8 heteroatoms. The van der Waals surface area contributed by atoms with Crippen molar-refractivity contribution in [1.82, 2.24) is 4.98 Å². The molecule has 0 aliphatic carbocycles. The highest BCUT2D eigenvalue weighted by Gasteiger charge is 2.16. The normalized spacial score (nSPS) is 10.2. The van der Waals surface area contributed by atoms with E-state index in [-0.39, 0.29) is 11.8 Å². The number of ether oxygens (including phenoxy) is 2. The summed E-state index contributed by atoms with van der Waals surface area (Å²) in [5.41, 5.74) is 2.03. The first-order valence-electron chi connectivity index (χ1n) is 9.15. The number of nitrogens with zero attached hydrogens (tertiary/aromatic N) is 1. The van der Waals surface area contributed by atoms with Crippen LogP contribution < -0.4 is 20.1 Å². The molecular formula is C22H20BrN3O4. The molecule has 0 saturated heterocycles. The molecule has 2 aromatic carbocycles. The molecule has 2 N–H and O–H groups in total. The molecule has 0 atom stereocenters. The van der Waals surface area contributed by atoms with E-state index in [2.05, 4.69) is 31.5 Å². The smallest absolute Gasteiger partial charge is 0.255 e. The SMILES string of the molecule is CCOc1c(Br)cc(C(=O)Nc2ccc(C(=O)Nc3cccnc3)cc2)cc1OC. The van der Waals surface area contributed by atoms with Gasteiger partial charge in [-0.1, -0.05) is 0 Å². The quantitative estimate of drug-likeness (QED) is 0.520. The Labute approximate surface area is 182 Å². The number of amides is 2. The van der Waals surface area contributed by atoms with Crippen LogP contribution in [-0.4, -0.2) is 30.5 Å². The van der Waals surface area contributed by atoms with Gasteiger partial charge in [-0.15, -0.1) is 0 Å². The topological polar surface area (TPSA) is 89.5 Å². The number of hydrogen-bond donors (Lipinski definition) is 2. The Balaban J connectivity index is 1.70. The van der Waals surface area contributed by atoms with Crippen molar-refractivity contribution >= 4 is 39.1 Å². The standard InChI is InChI=1S/C22H20BrN3O4/c1-3-30-20-18(23)11-15(12-19(20)29-2)22(28)25-16-8-6-14(7-9-16)21(27)26-17-5-4-10-24-13-17/h4-13H,3H2,1-2H3,(H,25,28)(H,26,27). The molecular weight excluding hydrogens is 450 g/mol. The van der Waals surface area contributed by atoms with E-state index in [1.807, 2.05) is 6.92 Å². The van der Waals surface area contributed by atoms with Crippen molar-refractivity contribution in [3.05, 3.63) is 76.5 Å². The van der Waals surface area contributed by atoms with Crippen molar-refractivity contribution in [2.75, 3.05) is 24.4 Å². The maximum Gasteiger partial charge on any atom is 0.255 e. The minimum atomic E-state index is -0.315. The van der Waals surface area contributed by atoms with Crippen LogP contribution in [0.2, 0.25) is 0 Å². The summed E-state index contributed by atoms with van der Waals surface area (Å²) < 4.78 is 11.5. The van der Waals surface area contributed by atoms with Gasteiger partial charge >= 0.3 is 0 Å². The van der Waals surface area contributed by atoms with Crippen LogP contribution in [0.1, 0.15) is 27.6 Å². The van der Waals surface area contributed by atoms with Crippen LogP contribution in [0.4, 0.5) is 11.4 Å². The minimum Gasteiger partial charge on any atom is -0.493 e. The summed E-state index contributed by atoms with van der Waals surface area (Å²) in [6.07, 6.45) is 3.20. The van der Waals surface area contributed by atoms with Crippen molar-refractivity contribution in [3.8, 4) is 11.5 Å². The highest BCUT2D eigenvalue weighted by atomic mass is 79.9. The fourth-order valence-electron chi connectivity index (χ4n) is 2.68. The number of methoxy groups -OCH3 is 1. The number of pyridine rings is 1. The lowest BCUT2D eigenvalue weighted by Crippen LogP contribution is -2.14. The lowest BCUT2D eigenvalue weighted by Gasteiger charge is -2.13. The summed E-state index contributed by atoms with van der Waals surface area (Å²) in [5, 5.41) is 5.57. The zero-order chi connectivity index (χ0) is 21.5. The van der Waals surface area contributed by atoms with E-state index < -0.39 is 0 Å². The average Bonchev–Trinajstić information content (AvgIpc) is 2.76. The highest BCUT2D eigenvalue weighted by molar-refractivity contribution is 9.10. The van der Waals surface area contributed by atoms with E-state index in [0.29, 0.717) is 45.1 Å². The maximum atomic E-state index is 12.6. The Morgan fingerprint density at radius 3 is 2.33 bits per heavy atom. The third kappa shape index (κ3) is 5.15. The van der Waals surface area contributed by atoms with Gasteiger partial charge in [0.15, 0.2) is 11.5 Å². The van der Waals surface area contributed by atoms with Gasteiger partial charge in [-0.3, -0.25) is 14.6 Å². The second-order valence-electron chi connectivity index (χ2n) is 6.15. The summed E-state index contributed by atoms with van der Waals surface area (Å²) in [5.74, 6) is 0.421. The Morgan fingerprint density at radius 2 is 1.70 bits per heavy atom. The number of halogens is 1. The second-order valence-corrected chi connectivity index (χ2v) is 7.00. The highest BCUT2D eigenvalue weighted by Crippen LogP contribution is 2.36. The molecule has 1 heterocycles. The van der Waals surface area contributed by atoms with E-state index in [0.717, 1.165) is 0 Å². The molecule has 0 bridgehead atoms. The maximum absolute atomic E-state index is 12.6. The molecule has 0 radical (unpaired) electrons. The van der Waals surface area contributed by atoms with Crippen molar-refractivity contribution in [1.29, 1.82) is 0 Å². The number of nitrogens with one attached hydrogen (secondary N) is 2. The third-order valence-electron chi connectivity index (χ3n) is 4.10. The van der Waals surface area contributed by atoms with Crippen LogP contribution in [0.15, 0.2) is 65.4 Å². The fourth-order valence-corrected chi connectivity index (χ4v) is 3.24. The Kier molecular flexibility index (Phi) is 7.03. The zero-order valence-corrected chi connectivity index (χ0v) is 18.0. The Morgan fingerprint density at radius 1 is 1.00 bits per heavy atom. The van der Waals surface area contributed by atoms with Crippen LogP contribution >= 0.6 is 15.9 Å². The molecule has 0 saturated carbocycles. The number of benzene rings is 2. The van der Waals surface area contributed by atoms with Crippen molar-refractivity contribution in [3.63, 3.8) is 0 Å². The van der Waals surface area contributed by atoms with Crippen LogP contribution in [-0.2, 0) is 0 Å². The van der Waals surface area contributed by atoms with E-state index in [1.54, 1.807) is 60.9 Å². The first kappa shape index (κ1) is 21.3. The van der Waals surface area contributed by atoms with Gasteiger partial charge in [-0.05, 0) is 71.4 Å². The predicted molar refractivity (Wildman–Crippen MR) is 118 cm³/mol. The molecule has 7 nitrogen and oxygen atoms in total. The van der Waals surface area contributed by atoms with Crippen LogP contribution in [0.5, 0.6) is 11.5 Å². The first-order chi connectivity index (χ1) is 14.5. The van der Waals surface area contributed by atoms with E-state index in [1.165, 1.54) is 7.11 Å². The molecule has 0 aliphatic heterocycles. The van der Waals surface area contributed by atoms with Gasteiger partial charge in [0.2, 0.25) is 0 Å². The molecule has 3 aromatic rings. The number of carbonyl (C=O) groups excluding carboxylic acids is 2. The largest absolute Gasteiger partial charge is 0.493 e. The Bertz CT molecular complexity index is 1040. The number of carbonyl (C=O) groups is 2. The molecule has 0 spiro atoms. The minimum absolute atomic E-state index is 0.263. The first-order valence-corrected chi connectivity index (χ1v) is 9.94. The monoisotopic (exact) mass is 469 g/mol. The molecule has 2 amide bonds. The molecule has 0 aliphatic rings. The van der Waals surface area contributed by atoms with Crippen LogP contribution in [0.3, 0.4) is 0 Å². The van der Waals surface area contributed by atoms with Crippen LogP contribution in [0, 0.1) is 0 Å². The molecule has 3 rings (SSSR count). The molecule has 1 aromatic heterocycles. The lowest BCUT2D eigenvalue weighted by molar-refractivity contribution is 0.101. The fraction of sp³-hybridized carbons (Fsp3) is 0.136. The van der Waals surface area contributed by atoms with Crippen molar-refractivity contribution in [2.24, 2.45) is 0 Å². The number of aromatic nitrogens is 1. The van der Waals surface area contributed by atoms with E-state index in [4.69, 9.17) is 9.47 Å². The molecule has 0 unspecified atom stereocenters. The van der Waals surface area contributed by atoms with Crippen molar-refractivity contribution < 1.29 is 19.1 Å². The summed E-state index contributed by atoms with van der Waals surface area (Å²) >= 11 is 3.41. The molecule has 0 fully saturated rings. The van der Waals surface area contributed by atoms with Gasteiger partial charge < -0.3 is 20.1 Å². The summed E-state index contributed by atoms with van der Waals surface area (Å²) in [4.78, 5) is 28.9.